The standard InChI is InChI=1S/C25H27ClN2O3/c1-29-21-9-5-18(6-10-21)15-28(16-19-7-11-22(30-2)12-8-19)25-13-23(26)24(14-27-25)31-17-20-3-4-20/h5-14,20H,3-4,15-17H2,1-2H3. The summed E-state index contributed by atoms with van der Waals surface area (Å²) in [4.78, 5) is 6.86. The van der Waals surface area contributed by atoms with Crippen LogP contribution in [0.5, 0.6) is 17.2 Å². The number of benzene rings is 2. The number of methoxy groups -OCH3 is 2. The molecule has 0 saturated heterocycles. The highest BCUT2D eigenvalue weighted by Gasteiger charge is 2.22. The number of hydrogen-bond donors (Lipinski definition) is 0. The van der Waals surface area contributed by atoms with E-state index in [4.69, 9.17) is 25.8 Å². The number of aromatic nitrogens is 1. The molecular weight excluding hydrogens is 412 g/mol. The van der Waals surface area contributed by atoms with Gasteiger partial charge in [0.25, 0.3) is 0 Å². The minimum atomic E-state index is 0.583. The molecule has 31 heavy (non-hydrogen) atoms. The second-order valence-electron chi connectivity index (χ2n) is 7.78. The Bertz CT molecular complexity index is 939. The summed E-state index contributed by atoms with van der Waals surface area (Å²) in [5.74, 6) is 3.78. The van der Waals surface area contributed by atoms with Crippen LogP contribution in [0.2, 0.25) is 5.02 Å². The maximum Gasteiger partial charge on any atom is 0.156 e. The molecule has 1 saturated carbocycles. The number of ether oxygens (including phenoxy) is 3. The summed E-state index contributed by atoms with van der Waals surface area (Å²) in [5, 5.41) is 0.583. The third kappa shape index (κ3) is 5.82. The molecule has 0 radical (unpaired) electrons. The molecule has 0 unspecified atom stereocenters. The monoisotopic (exact) mass is 438 g/mol. The van der Waals surface area contributed by atoms with Crippen LogP contribution in [0, 0.1) is 5.92 Å². The van der Waals surface area contributed by atoms with Crippen LogP contribution in [0.3, 0.4) is 0 Å². The minimum Gasteiger partial charge on any atom is -0.497 e. The van der Waals surface area contributed by atoms with Crippen molar-refractivity contribution < 1.29 is 14.2 Å². The third-order valence-electron chi connectivity index (χ3n) is 5.37. The first kappa shape index (κ1) is 21.3. The SMILES string of the molecule is COc1ccc(CN(Cc2ccc(OC)cc2)c2cc(Cl)c(OCC3CC3)cn2)cc1. The lowest BCUT2D eigenvalue weighted by Gasteiger charge is -2.25. The molecule has 0 aliphatic heterocycles. The van der Waals surface area contributed by atoms with Crippen molar-refractivity contribution in [3.63, 3.8) is 0 Å². The molecule has 1 aliphatic rings. The highest BCUT2D eigenvalue weighted by molar-refractivity contribution is 6.32. The second-order valence-corrected chi connectivity index (χ2v) is 8.19. The van der Waals surface area contributed by atoms with Crippen LogP contribution >= 0.6 is 11.6 Å². The van der Waals surface area contributed by atoms with Crippen LogP contribution in [0.25, 0.3) is 0 Å². The van der Waals surface area contributed by atoms with E-state index in [-0.39, 0.29) is 0 Å². The molecule has 5 nitrogen and oxygen atoms in total. The van der Waals surface area contributed by atoms with Gasteiger partial charge in [-0.25, -0.2) is 4.98 Å². The highest BCUT2D eigenvalue weighted by Crippen LogP contribution is 2.33. The van der Waals surface area contributed by atoms with Crippen molar-refractivity contribution in [2.24, 2.45) is 5.92 Å². The van der Waals surface area contributed by atoms with Crippen molar-refractivity contribution in [3.05, 3.63) is 76.9 Å². The molecule has 4 rings (SSSR count). The molecule has 0 bridgehead atoms. The molecule has 1 fully saturated rings. The summed E-state index contributed by atoms with van der Waals surface area (Å²) in [5.41, 5.74) is 2.31. The van der Waals surface area contributed by atoms with Crippen LogP contribution in [0.4, 0.5) is 5.82 Å². The molecule has 1 aliphatic carbocycles. The smallest absolute Gasteiger partial charge is 0.156 e. The molecule has 1 aromatic heterocycles. The van der Waals surface area contributed by atoms with Crippen LogP contribution in [-0.2, 0) is 13.1 Å². The van der Waals surface area contributed by atoms with Gasteiger partial charge in [0.05, 0.1) is 32.0 Å². The summed E-state index contributed by atoms with van der Waals surface area (Å²) in [6, 6.07) is 18.0. The fourth-order valence-electron chi connectivity index (χ4n) is 3.30. The lowest BCUT2D eigenvalue weighted by atomic mass is 10.1. The fraction of sp³-hybridized carbons (Fsp3) is 0.320. The summed E-state index contributed by atoms with van der Waals surface area (Å²) < 4.78 is 16.4. The van der Waals surface area contributed by atoms with E-state index in [1.54, 1.807) is 20.4 Å². The van der Waals surface area contributed by atoms with Gasteiger partial charge in [-0.05, 0) is 54.2 Å². The first-order valence-electron chi connectivity index (χ1n) is 10.4. The van der Waals surface area contributed by atoms with Gasteiger partial charge in [0.2, 0.25) is 0 Å². The Morgan fingerprint density at radius 3 is 1.90 bits per heavy atom. The van der Waals surface area contributed by atoms with Crippen LogP contribution in [0.1, 0.15) is 24.0 Å². The topological polar surface area (TPSA) is 43.8 Å². The number of nitrogens with zero attached hydrogens (tertiary/aromatic N) is 2. The highest BCUT2D eigenvalue weighted by atomic mass is 35.5. The van der Waals surface area contributed by atoms with Crippen molar-refractivity contribution in [2.75, 3.05) is 25.7 Å². The number of halogens is 1. The number of rotatable bonds is 10. The van der Waals surface area contributed by atoms with E-state index in [1.165, 1.54) is 12.8 Å². The van der Waals surface area contributed by atoms with Crippen molar-refractivity contribution >= 4 is 17.4 Å². The van der Waals surface area contributed by atoms with Gasteiger partial charge in [0.15, 0.2) is 5.75 Å². The Labute approximate surface area is 188 Å². The van der Waals surface area contributed by atoms with E-state index < -0.39 is 0 Å². The van der Waals surface area contributed by atoms with E-state index in [9.17, 15) is 0 Å². The molecular formula is C25H27ClN2O3. The van der Waals surface area contributed by atoms with E-state index in [2.05, 4.69) is 34.1 Å². The first-order valence-corrected chi connectivity index (χ1v) is 10.8. The Morgan fingerprint density at radius 2 is 1.45 bits per heavy atom. The second kappa shape index (κ2) is 9.92. The zero-order valence-corrected chi connectivity index (χ0v) is 18.6. The number of pyridine rings is 1. The molecule has 0 N–H and O–H groups in total. The van der Waals surface area contributed by atoms with E-state index in [0.29, 0.717) is 36.4 Å². The maximum atomic E-state index is 6.54. The van der Waals surface area contributed by atoms with Gasteiger partial charge in [-0.2, -0.15) is 0 Å². The van der Waals surface area contributed by atoms with Gasteiger partial charge in [-0.15, -0.1) is 0 Å². The lowest BCUT2D eigenvalue weighted by Crippen LogP contribution is -2.23. The average Bonchev–Trinajstić information content (AvgIpc) is 3.63. The number of anilines is 1. The van der Waals surface area contributed by atoms with Crippen molar-refractivity contribution in [3.8, 4) is 17.2 Å². The first-order chi connectivity index (χ1) is 15.1. The van der Waals surface area contributed by atoms with Gasteiger partial charge >= 0.3 is 0 Å². The van der Waals surface area contributed by atoms with Gasteiger partial charge < -0.3 is 19.1 Å². The molecule has 6 heteroatoms. The summed E-state index contributed by atoms with van der Waals surface area (Å²) >= 11 is 6.54. The Morgan fingerprint density at radius 1 is 0.903 bits per heavy atom. The molecule has 162 valence electrons. The van der Waals surface area contributed by atoms with Gasteiger partial charge in [0, 0.05) is 19.2 Å². The predicted octanol–water partition coefficient (Wildman–Crippen LogP) is 5.75. The Hall–Kier alpha value is -2.92. The Balaban J connectivity index is 1.55. The molecule has 3 aromatic rings. The zero-order valence-electron chi connectivity index (χ0n) is 17.9. The summed E-state index contributed by atoms with van der Waals surface area (Å²) in [6.45, 7) is 2.07. The molecule has 1 heterocycles. The molecule has 0 amide bonds. The van der Waals surface area contributed by atoms with Crippen LogP contribution in [-0.4, -0.2) is 25.8 Å². The molecule has 0 spiro atoms. The Kier molecular flexibility index (Phi) is 6.82. The van der Waals surface area contributed by atoms with E-state index in [1.807, 2.05) is 30.3 Å². The normalized spacial score (nSPS) is 13.0. The predicted molar refractivity (Wildman–Crippen MR) is 123 cm³/mol. The van der Waals surface area contributed by atoms with E-state index in [0.717, 1.165) is 28.4 Å². The van der Waals surface area contributed by atoms with Gasteiger partial charge in [-0.3, -0.25) is 0 Å². The minimum absolute atomic E-state index is 0.583. The van der Waals surface area contributed by atoms with Crippen molar-refractivity contribution in [1.82, 2.24) is 4.98 Å². The van der Waals surface area contributed by atoms with Gasteiger partial charge in [-0.1, -0.05) is 35.9 Å². The van der Waals surface area contributed by atoms with Crippen LogP contribution < -0.4 is 19.1 Å². The lowest BCUT2D eigenvalue weighted by molar-refractivity contribution is 0.299. The van der Waals surface area contributed by atoms with E-state index >= 15 is 0 Å². The summed E-state index contributed by atoms with van der Waals surface area (Å²) in [6.07, 6.45) is 4.20. The quantitative estimate of drug-likeness (QED) is 0.403. The summed E-state index contributed by atoms with van der Waals surface area (Å²) in [7, 11) is 3.34. The number of hydrogen-bond acceptors (Lipinski definition) is 5. The van der Waals surface area contributed by atoms with Crippen molar-refractivity contribution in [1.29, 1.82) is 0 Å². The molecule has 2 aromatic carbocycles. The van der Waals surface area contributed by atoms with Crippen LogP contribution in [0.15, 0.2) is 60.8 Å². The van der Waals surface area contributed by atoms with Gasteiger partial charge in [0.1, 0.15) is 17.3 Å². The largest absolute Gasteiger partial charge is 0.497 e. The average molecular weight is 439 g/mol. The maximum absolute atomic E-state index is 6.54. The fourth-order valence-corrected chi connectivity index (χ4v) is 3.50. The molecule has 0 atom stereocenters. The zero-order chi connectivity index (χ0) is 21.6. The third-order valence-corrected chi connectivity index (χ3v) is 5.66. The van der Waals surface area contributed by atoms with Crippen molar-refractivity contribution in [2.45, 2.75) is 25.9 Å².